The van der Waals surface area contributed by atoms with E-state index in [1.165, 1.54) is 16.7 Å². The molecule has 0 spiro atoms. The number of ether oxygens (including phenoxy) is 1. The van der Waals surface area contributed by atoms with E-state index in [1.807, 2.05) is 19.9 Å². The van der Waals surface area contributed by atoms with Crippen LogP contribution in [-0.2, 0) is 0 Å². The fraction of sp³-hybridized carbons (Fsp3) is 0.429. The third-order valence-corrected chi connectivity index (χ3v) is 1.97. The first-order valence-electron chi connectivity index (χ1n) is 5.41. The summed E-state index contributed by atoms with van der Waals surface area (Å²) in [6, 6.07) is 6.29. The molecule has 1 heteroatoms. The Balaban J connectivity index is 3.08. The summed E-state index contributed by atoms with van der Waals surface area (Å²) in [5, 5.41) is 0. The van der Waals surface area contributed by atoms with Gasteiger partial charge in [-0.05, 0) is 46.8 Å². The third-order valence-electron chi connectivity index (χ3n) is 1.97. The van der Waals surface area contributed by atoms with E-state index in [0.29, 0.717) is 0 Å². The Labute approximate surface area is 92.8 Å². The third kappa shape index (κ3) is 3.78. The van der Waals surface area contributed by atoms with Crippen molar-refractivity contribution in [2.45, 2.75) is 40.7 Å². The summed E-state index contributed by atoms with van der Waals surface area (Å²) in [5.74, 6) is 0.969. The number of hydrogen-bond donors (Lipinski definition) is 0. The van der Waals surface area contributed by atoms with Gasteiger partial charge in [-0.15, -0.1) is 0 Å². The van der Waals surface area contributed by atoms with Gasteiger partial charge in [-0.25, -0.2) is 0 Å². The molecule has 0 unspecified atom stereocenters. The van der Waals surface area contributed by atoms with Gasteiger partial charge in [-0.1, -0.05) is 23.3 Å². The molecule has 0 aliphatic rings. The SMILES string of the molecule is CC(C)=Cc1cc(C)ccc1OC(C)C. The zero-order valence-electron chi connectivity index (χ0n) is 10.3. The van der Waals surface area contributed by atoms with Crippen LogP contribution in [0, 0.1) is 6.92 Å². The minimum Gasteiger partial charge on any atom is -0.490 e. The molecule has 15 heavy (non-hydrogen) atoms. The highest BCUT2D eigenvalue weighted by molar-refractivity contribution is 5.60. The molecule has 0 fully saturated rings. The summed E-state index contributed by atoms with van der Waals surface area (Å²) in [6.07, 6.45) is 2.38. The molecule has 0 amide bonds. The highest BCUT2D eigenvalue weighted by Crippen LogP contribution is 2.23. The van der Waals surface area contributed by atoms with Crippen LogP contribution >= 0.6 is 0 Å². The van der Waals surface area contributed by atoms with Crippen molar-refractivity contribution in [3.8, 4) is 5.75 Å². The van der Waals surface area contributed by atoms with Crippen LogP contribution in [0.4, 0.5) is 0 Å². The van der Waals surface area contributed by atoms with Crippen molar-refractivity contribution in [1.82, 2.24) is 0 Å². The van der Waals surface area contributed by atoms with Crippen molar-refractivity contribution in [2.24, 2.45) is 0 Å². The fourth-order valence-corrected chi connectivity index (χ4v) is 1.45. The van der Waals surface area contributed by atoms with E-state index in [-0.39, 0.29) is 6.10 Å². The molecule has 0 saturated carbocycles. The van der Waals surface area contributed by atoms with E-state index in [1.54, 1.807) is 0 Å². The van der Waals surface area contributed by atoms with Crippen molar-refractivity contribution in [3.05, 3.63) is 34.9 Å². The largest absolute Gasteiger partial charge is 0.490 e. The molecular formula is C14H20O. The Morgan fingerprint density at radius 1 is 1.27 bits per heavy atom. The van der Waals surface area contributed by atoms with Crippen LogP contribution in [0.3, 0.4) is 0 Å². The minimum atomic E-state index is 0.219. The molecule has 0 atom stereocenters. The first-order chi connectivity index (χ1) is 6.99. The van der Waals surface area contributed by atoms with Gasteiger partial charge in [0.25, 0.3) is 0 Å². The molecule has 1 aromatic carbocycles. The lowest BCUT2D eigenvalue weighted by Gasteiger charge is -2.13. The van der Waals surface area contributed by atoms with Crippen LogP contribution in [0.5, 0.6) is 5.75 Å². The van der Waals surface area contributed by atoms with Crippen LogP contribution in [0.1, 0.15) is 38.8 Å². The molecular weight excluding hydrogens is 184 g/mol. The van der Waals surface area contributed by atoms with Gasteiger partial charge < -0.3 is 4.74 Å². The number of aryl methyl sites for hydroxylation is 1. The van der Waals surface area contributed by atoms with E-state index in [4.69, 9.17) is 4.74 Å². The van der Waals surface area contributed by atoms with E-state index < -0.39 is 0 Å². The van der Waals surface area contributed by atoms with Crippen molar-refractivity contribution in [1.29, 1.82) is 0 Å². The second-order valence-corrected chi connectivity index (χ2v) is 4.43. The van der Waals surface area contributed by atoms with E-state index >= 15 is 0 Å². The maximum atomic E-state index is 5.76. The molecule has 1 aromatic rings. The summed E-state index contributed by atoms with van der Waals surface area (Å²) >= 11 is 0. The predicted molar refractivity (Wildman–Crippen MR) is 66.3 cm³/mol. The Bertz CT molecular complexity index is 358. The van der Waals surface area contributed by atoms with Gasteiger partial charge >= 0.3 is 0 Å². The van der Waals surface area contributed by atoms with Crippen LogP contribution in [0.25, 0.3) is 6.08 Å². The molecule has 0 aromatic heterocycles. The van der Waals surface area contributed by atoms with Gasteiger partial charge in [-0.2, -0.15) is 0 Å². The Kier molecular flexibility index (Phi) is 3.96. The van der Waals surface area contributed by atoms with Gasteiger partial charge in [0.2, 0.25) is 0 Å². The van der Waals surface area contributed by atoms with Gasteiger partial charge in [0.15, 0.2) is 0 Å². The van der Waals surface area contributed by atoms with Crippen LogP contribution < -0.4 is 4.74 Å². The van der Waals surface area contributed by atoms with Crippen LogP contribution in [0.2, 0.25) is 0 Å². The topological polar surface area (TPSA) is 9.23 Å². The second kappa shape index (κ2) is 5.01. The number of rotatable bonds is 3. The number of hydrogen-bond acceptors (Lipinski definition) is 1. The zero-order chi connectivity index (χ0) is 11.4. The summed E-state index contributed by atoms with van der Waals surface area (Å²) in [4.78, 5) is 0. The van der Waals surface area contributed by atoms with Gasteiger partial charge in [0, 0.05) is 5.56 Å². The van der Waals surface area contributed by atoms with Crippen LogP contribution in [-0.4, -0.2) is 6.10 Å². The average Bonchev–Trinajstić information content (AvgIpc) is 2.08. The van der Waals surface area contributed by atoms with E-state index in [9.17, 15) is 0 Å². The Hall–Kier alpha value is -1.24. The smallest absolute Gasteiger partial charge is 0.126 e. The summed E-state index contributed by atoms with van der Waals surface area (Å²) in [7, 11) is 0. The minimum absolute atomic E-state index is 0.219. The average molecular weight is 204 g/mol. The lowest BCUT2D eigenvalue weighted by molar-refractivity contribution is 0.242. The molecule has 0 bridgehead atoms. The molecule has 0 aliphatic carbocycles. The number of allylic oxidation sites excluding steroid dienone is 1. The summed E-state index contributed by atoms with van der Waals surface area (Å²) in [5.41, 5.74) is 3.72. The normalized spacial score (nSPS) is 10.3. The fourth-order valence-electron chi connectivity index (χ4n) is 1.45. The van der Waals surface area contributed by atoms with Crippen molar-refractivity contribution in [3.63, 3.8) is 0 Å². The monoisotopic (exact) mass is 204 g/mol. The van der Waals surface area contributed by atoms with Crippen LogP contribution in [0.15, 0.2) is 23.8 Å². The molecule has 0 radical (unpaired) electrons. The first-order valence-corrected chi connectivity index (χ1v) is 5.41. The highest BCUT2D eigenvalue weighted by atomic mass is 16.5. The highest BCUT2D eigenvalue weighted by Gasteiger charge is 2.03. The second-order valence-electron chi connectivity index (χ2n) is 4.43. The Morgan fingerprint density at radius 2 is 1.93 bits per heavy atom. The van der Waals surface area contributed by atoms with E-state index in [2.05, 4.69) is 39.0 Å². The van der Waals surface area contributed by atoms with Crippen molar-refractivity contribution in [2.75, 3.05) is 0 Å². The maximum absolute atomic E-state index is 5.76. The van der Waals surface area contributed by atoms with E-state index in [0.717, 1.165) is 5.75 Å². The van der Waals surface area contributed by atoms with Gasteiger partial charge in [-0.3, -0.25) is 0 Å². The quantitative estimate of drug-likeness (QED) is 0.716. The lowest BCUT2D eigenvalue weighted by Crippen LogP contribution is -2.06. The molecule has 1 nitrogen and oxygen atoms in total. The Morgan fingerprint density at radius 3 is 2.47 bits per heavy atom. The molecule has 0 saturated heterocycles. The maximum Gasteiger partial charge on any atom is 0.126 e. The molecule has 0 aliphatic heterocycles. The van der Waals surface area contributed by atoms with Crippen molar-refractivity contribution >= 4 is 6.08 Å². The lowest BCUT2D eigenvalue weighted by atomic mass is 10.1. The predicted octanol–water partition coefficient (Wildman–Crippen LogP) is 4.21. The summed E-state index contributed by atoms with van der Waals surface area (Å²) < 4.78 is 5.76. The van der Waals surface area contributed by atoms with Crippen molar-refractivity contribution < 1.29 is 4.74 Å². The molecule has 0 heterocycles. The molecule has 1 rings (SSSR count). The summed E-state index contributed by atoms with van der Waals surface area (Å²) in [6.45, 7) is 10.4. The number of benzene rings is 1. The van der Waals surface area contributed by atoms with Gasteiger partial charge in [0.1, 0.15) is 5.75 Å². The first kappa shape index (κ1) is 11.8. The zero-order valence-corrected chi connectivity index (χ0v) is 10.3. The molecule has 0 N–H and O–H groups in total. The van der Waals surface area contributed by atoms with Gasteiger partial charge in [0.05, 0.1) is 6.10 Å². The molecule has 82 valence electrons. The standard InChI is InChI=1S/C14H20O/c1-10(2)8-13-9-12(5)6-7-14(13)15-11(3)4/h6-9,11H,1-5H3.